The number of nitrogens with one attached hydrogen (secondary N) is 2. The number of hydrogen-bond donors (Lipinski definition) is 2. The Balaban J connectivity index is 1.88. The van der Waals surface area contributed by atoms with E-state index < -0.39 is 0 Å². The topological polar surface area (TPSA) is 80.0 Å². The monoisotopic (exact) mass is 260 g/mol. The SMILES string of the molecule is CCCNc1ccc(C(=O)NCc2ccoc2)nn1. The third kappa shape index (κ3) is 3.80. The van der Waals surface area contributed by atoms with Crippen molar-refractivity contribution >= 4 is 11.7 Å². The van der Waals surface area contributed by atoms with Gasteiger partial charge in [0.25, 0.3) is 5.91 Å². The van der Waals surface area contributed by atoms with Crippen molar-refractivity contribution in [1.29, 1.82) is 0 Å². The van der Waals surface area contributed by atoms with E-state index in [1.807, 2.05) is 0 Å². The van der Waals surface area contributed by atoms with Crippen LogP contribution < -0.4 is 10.6 Å². The fourth-order valence-electron chi connectivity index (χ4n) is 1.47. The van der Waals surface area contributed by atoms with E-state index in [1.54, 1.807) is 30.7 Å². The van der Waals surface area contributed by atoms with E-state index in [0.717, 1.165) is 18.5 Å². The number of carbonyl (C=O) groups excluding carboxylic acids is 1. The van der Waals surface area contributed by atoms with E-state index in [2.05, 4.69) is 27.8 Å². The third-order valence-electron chi connectivity index (χ3n) is 2.49. The van der Waals surface area contributed by atoms with Gasteiger partial charge in [-0.3, -0.25) is 4.79 Å². The second-order valence-electron chi connectivity index (χ2n) is 4.04. The molecule has 6 nitrogen and oxygen atoms in total. The highest BCUT2D eigenvalue weighted by Crippen LogP contribution is 2.03. The Morgan fingerprint density at radius 2 is 2.21 bits per heavy atom. The molecule has 0 atom stereocenters. The summed E-state index contributed by atoms with van der Waals surface area (Å²) < 4.78 is 4.92. The Labute approximate surface area is 111 Å². The first-order valence-electron chi connectivity index (χ1n) is 6.16. The minimum Gasteiger partial charge on any atom is -0.472 e. The summed E-state index contributed by atoms with van der Waals surface area (Å²) in [7, 11) is 0. The average Bonchev–Trinajstić information content (AvgIpc) is 2.96. The first-order valence-corrected chi connectivity index (χ1v) is 6.16. The second kappa shape index (κ2) is 6.53. The van der Waals surface area contributed by atoms with E-state index in [1.165, 1.54) is 0 Å². The van der Waals surface area contributed by atoms with E-state index >= 15 is 0 Å². The maximum absolute atomic E-state index is 11.8. The molecular formula is C13H16N4O2. The van der Waals surface area contributed by atoms with Gasteiger partial charge < -0.3 is 15.1 Å². The lowest BCUT2D eigenvalue weighted by molar-refractivity contribution is 0.0945. The van der Waals surface area contributed by atoms with Crippen LogP contribution in [0.4, 0.5) is 5.82 Å². The lowest BCUT2D eigenvalue weighted by Gasteiger charge is -2.04. The zero-order valence-corrected chi connectivity index (χ0v) is 10.7. The Kier molecular flexibility index (Phi) is 4.49. The van der Waals surface area contributed by atoms with E-state index in [4.69, 9.17) is 4.42 Å². The average molecular weight is 260 g/mol. The van der Waals surface area contributed by atoms with Gasteiger partial charge in [0, 0.05) is 18.7 Å². The standard InChI is InChI=1S/C13H16N4O2/c1-2-6-14-12-4-3-11(16-17-12)13(18)15-8-10-5-7-19-9-10/h3-5,7,9H,2,6,8H2,1H3,(H,14,17)(H,15,18). The van der Waals surface area contributed by atoms with Gasteiger partial charge in [0.05, 0.1) is 12.5 Å². The zero-order valence-electron chi connectivity index (χ0n) is 10.7. The van der Waals surface area contributed by atoms with Gasteiger partial charge in [-0.1, -0.05) is 6.92 Å². The molecular weight excluding hydrogens is 244 g/mol. The molecule has 2 aromatic heterocycles. The predicted molar refractivity (Wildman–Crippen MR) is 70.7 cm³/mol. The molecule has 0 aliphatic heterocycles. The summed E-state index contributed by atoms with van der Waals surface area (Å²) in [6, 6.07) is 5.19. The molecule has 0 spiro atoms. The van der Waals surface area contributed by atoms with Crippen molar-refractivity contribution < 1.29 is 9.21 Å². The van der Waals surface area contributed by atoms with Crippen molar-refractivity contribution in [2.45, 2.75) is 19.9 Å². The Hall–Kier alpha value is -2.37. The highest BCUT2D eigenvalue weighted by molar-refractivity contribution is 5.92. The van der Waals surface area contributed by atoms with Crippen molar-refractivity contribution in [1.82, 2.24) is 15.5 Å². The number of hydrogen-bond acceptors (Lipinski definition) is 5. The molecule has 0 bridgehead atoms. The van der Waals surface area contributed by atoms with Gasteiger partial charge in [0.2, 0.25) is 0 Å². The number of amides is 1. The molecule has 2 rings (SSSR count). The number of rotatable bonds is 6. The summed E-state index contributed by atoms with van der Waals surface area (Å²) in [4.78, 5) is 11.8. The molecule has 1 amide bonds. The zero-order chi connectivity index (χ0) is 13.5. The highest BCUT2D eigenvalue weighted by atomic mass is 16.3. The fraction of sp³-hybridized carbons (Fsp3) is 0.308. The molecule has 6 heteroatoms. The summed E-state index contributed by atoms with van der Waals surface area (Å²) in [5.41, 5.74) is 1.20. The smallest absolute Gasteiger partial charge is 0.272 e. The first kappa shape index (κ1) is 13.1. The largest absolute Gasteiger partial charge is 0.472 e. The van der Waals surface area contributed by atoms with E-state index in [9.17, 15) is 4.79 Å². The summed E-state index contributed by atoms with van der Waals surface area (Å²) >= 11 is 0. The molecule has 0 saturated carbocycles. The molecule has 0 radical (unpaired) electrons. The van der Waals surface area contributed by atoms with Gasteiger partial charge in [0.15, 0.2) is 5.69 Å². The maximum atomic E-state index is 11.8. The molecule has 0 aliphatic rings. The van der Waals surface area contributed by atoms with Crippen LogP contribution in [-0.4, -0.2) is 22.6 Å². The Bertz CT molecular complexity index is 508. The Morgan fingerprint density at radius 1 is 1.32 bits per heavy atom. The molecule has 2 N–H and O–H groups in total. The molecule has 0 aliphatic carbocycles. The molecule has 0 aromatic carbocycles. The van der Waals surface area contributed by atoms with Gasteiger partial charge >= 0.3 is 0 Å². The Morgan fingerprint density at radius 3 is 2.84 bits per heavy atom. The van der Waals surface area contributed by atoms with Crippen molar-refractivity contribution in [3.8, 4) is 0 Å². The lowest BCUT2D eigenvalue weighted by atomic mass is 10.3. The fourth-order valence-corrected chi connectivity index (χ4v) is 1.47. The minimum atomic E-state index is -0.254. The lowest BCUT2D eigenvalue weighted by Crippen LogP contribution is -2.24. The number of furan rings is 1. The van der Waals surface area contributed by atoms with Crippen LogP contribution in [0.25, 0.3) is 0 Å². The number of carbonyl (C=O) groups is 1. The molecule has 2 heterocycles. The second-order valence-corrected chi connectivity index (χ2v) is 4.04. The van der Waals surface area contributed by atoms with Gasteiger partial charge in [-0.15, -0.1) is 10.2 Å². The van der Waals surface area contributed by atoms with Crippen LogP contribution in [-0.2, 0) is 6.54 Å². The first-order chi connectivity index (χ1) is 9.29. The van der Waals surface area contributed by atoms with Crippen LogP contribution in [0, 0.1) is 0 Å². The van der Waals surface area contributed by atoms with Gasteiger partial charge in [-0.25, -0.2) is 0 Å². The van der Waals surface area contributed by atoms with Crippen LogP contribution >= 0.6 is 0 Å². The number of aromatic nitrogens is 2. The summed E-state index contributed by atoms with van der Waals surface area (Å²) in [5.74, 6) is 0.420. The molecule has 19 heavy (non-hydrogen) atoms. The van der Waals surface area contributed by atoms with Gasteiger partial charge in [0.1, 0.15) is 5.82 Å². The quantitative estimate of drug-likeness (QED) is 0.828. The van der Waals surface area contributed by atoms with Crippen molar-refractivity contribution in [2.24, 2.45) is 0 Å². The molecule has 2 aromatic rings. The van der Waals surface area contributed by atoms with Crippen molar-refractivity contribution in [3.63, 3.8) is 0 Å². The predicted octanol–water partition coefficient (Wildman–Crippen LogP) is 1.82. The van der Waals surface area contributed by atoms with Crippen LogP contribution in [0.1, 0.15) is 29.4 Å². The van der Waals surface area contributed by atoms with Crippen LogP contribution in [0.15, 0.2) is 35.1 Å². The normalized spacial score (nSPS) is 10.2. The summed E-state index contributed by atoms with van der Waals surface area (Å²) in [6.45, 7) is 3.31. The highest BCUT2D eigenvalue weighted by Gasteiger charge is 2.08. The molecule has 0 saturated heterocycles. The maximum Gasteiger partial charge on any atom is 0.272 e. The van der Waals surface area contributed by atoms with Crippen molar-refractivity contribution in [3.05, 3.63) is 42.0 Å². The van der Waals surface area contributed by atoms with Crippen LogP contribution in [0.5, 0.6) is 0 Å². The van der Waals surface area contributed by atoms with E-state index in [0.29, 0.717) is 18.1 Å². The van der Waals surface area contributed by atoms with Gasteiger partial charge in [-0.05, 0) is 24.6 Å². The van der Waals surface area contributed by atoms with Crippen LogP contribution in [0.2, 0.25) is 0 Å². The summed E-state index contributed by atoms with van der Waals surface area (Å²) in [5, 5.41) is 13.7. The molecule has 0 unspecified atom stereocenters. The van der Waals surface area contributed by atoms with Crippen molar-refractivity contribution in [2.75, 3.05) is 11.9 Å². The molecule has 0 fully saturated rings. The van der Waals surface area contributed by atoms with E-state index in [-0.39, 0.29) is 5.91 Å². The third-order valence-corrected chi connectivity index (χ3v) is 2.49. The number of nitrogens with zero attached hydrogens (tertiary/aromatic N) is 2. The molecule has 100 valence electrons. The van der Waals surface area contributed by atoms with Crippen LogP contribution in [0.3, 0.4) is 0 Å². The summed E-state index contributed by atoms with van der Waals surface area (Å²) in [6.07, 6.45) is 4.16. The number of anilines is 1. The minimum absolute atomic E-state index is 0.254. The van der Waals surface area contributed by atoms with Gasteiger partial charge in [-0.2, -0.15) is 0 Å².